The van der Waals surface area contributed by atoms with Crippen molar-refractivity contribution in [1.82, 2.24) is 0 Å². The molecular weight excluding hydrogens is 192 g/mol. The van der Waals surface area contributed by atoms with Crippen molar-refractivity contribution in [2.24, 2.45) is 0 Å². The van der Waals surface area contributed by atoms with E-state index in [1.54, 1.807) is 11.3 Å². The Balaban J connectivity index is 2.41. The van der Waals surface area contributed by atoms with Crippen LogP contribution in [-0.4, -0.2) is 10.7 Å². The van der Waals surface area contributed by atoms with E-state index in [-0.39, 0.29) is 0 Å². The summed E-state index contributed by atoms with van der Waals surface area (Å²) in [4.78, 5) is 1.38. The Morgan fingerprint density at radius 3 is 2.64 bits per heavy atom. The normalized spacial score (nSPS) is 15.4. The molecule has 2 heteroatoms. The second kappa shape index (κ2) is 5.52. The molecule has 0 radical (unpaired) electrons. The van der Waals surface area contributed by atoms with Crippen LogP contribution in [0.25, 0.3) is 0 Å². The summed E-state index contributed by atoms with van der Waals surface area (Å²) in [5, 5.41) is 12.3. The standard InChI is InChI=1S/C12H20OS/c1-3-8-12(13,4-2)9-7-11-6-5-10-14-11/h5-6,10,13H,3-4,7-9H2,1-2H3. The SMILES string of the molecule is CCCC(O)(CC)CCc1cccs1. The number of aryl methyl sites for hydroxylation is 1. The summed E-state index contributed by atoms with van der Waals surface area (Å²) in [5.41, 5.74) is -0.432. The molecule has 0 saturated heterocycles. The maximum Gasteiger partial charge on any atom is 0.0648 e. The van der Waals surface area contributed by atoms with Gasteiger partial charge in [0.2, 0.25) is 0 Å². The van der Waals surface area contributed by atoms with E-state index in [2.05, 4.69) is 31.4 Å². The number of thiophene rings is 1. The third kappa shape index (κ3) is 3.43. The summed E-state index contributed by atoms with van der Waals surface area (Å²) in [6.45, 7) is 4.20. The first-order valence-electron chi connectivity index (χ1n) is 5.45. The van der Waals surface area contributed by atoms with E-state index in [1.165, 1.54) is 4.88 Å². The lowest BCUT2D eigenvalue weighted by Gasteiger charge is -2.26. The van der Waals surface area contributed by atoms with E-state index in [9.17, 15) is 5.11 Å². The number of hydrogen-bond donors (Lipinski definition) is 1. The topological polar surface area (TPSA) is 20.2 Å². The Hall–Kier alpha value is -0.340. The summed E-state index contributed by atoms with van der Waals surface area (Å²) in [6.07, 6.45) is 4.77. The van der Waals surface area contributed by atoms with Crippen LogP contribution < -0.4 is 0 Å². The maximum atomic E-state index is 10.2. The number of aliphatic hydroxyl groups is 1. The predicted molar refractivity (Wildman–Crippen MR) is 62.8 cm³/mol. The van der Waals surface area contributed by atoms with Gasteiger partial charge in [0.05, 0.1) is 5.60 Å². The Morgan fingerprint density at radius 1 is 1.36 bits per heavy atom. The molecule has 1 rings (SSSR count). The third-order valence-electron chi connectivity index (χ3n) is 2.79. The first kappa shape index (κ1) is 11.7. The fourth-order valence-corrected chi connectivity index (χ4v) is 2.46. The largest absolute Gasteiger partial charge is 0.390 e. The maximum absolute atomic E-state index is 10.2. The van der Waals surface area contributed by atoms with Crippen LogP contribution in [-0.2, 0) is 6.42 Å². The second-order valence-electron chi connectivity index (χ2n) is 3.91. The highest BCUT2D eigenvalue weighted by molar-refractivity contribution is 7.09. The van der Waals surface area contributed by atoms with Gasteiger partial charge in [-0.15, -0.1) is 11.3 Å². The minimum absolute atomic E-state index is 0.432. The molecular formula is C12H20OS. The van der Waals surface area contributed by atoms with Crippen molar-refractivity contribution in [3.8, 4) is 0 Å². The van der Waals surface area contributed by atoms with Crippen LogP contribution in [0.3, 0.4) is 0 Å². The van der Waals surface area contributed by atoms with Gasteiger partial charge in [-0.25, -0.2) is 0 Å². The molecule has 0 aliphatic heterocycles. The van der Waals surface area contributed by atoms with E-state index in [0.29, 0.717) is 0 Å². The Labute approximate surface area is 90.8 Å². The van der Waals surface area contributed by atoms with Crippen molar-refractivity contribution in [3.05, 3.63) is 22.4 Å². The summed E-state index contributed by atoms with van der Waals surface area (Å²) in [6, 6.07) is 4.22. The molecule has 1 heterocycles. The Kier molecular flexibility index (Phi) is 4.63. The van der Waals surface area contributed by atoms with E-state index in [4.69, 9.17) is 0 Å². The zero-order valence-electron chi connectivity index (χ0n) is 9.12. The lowest BCUT2D eigenvalue weighted by Crippen LogP contribution is -2.27. The fourth-order valence-electron chi connectivity index (χ4n) is 1.75. The average molecular weight is 212 g/mol. The zero-order valence-corrected chi connectivity index (χ0v) is 9.94. The van der Waals surface area contributed by atoms with Crippen LogP contribution in [0.4, 0.5) is 0 Å². The van der Waals surface area contributed by atoms with Crippen LogP contribution >= 0.6 is 11.3 Å². The van der Waals surface area contributed by atoms with Gasteiger partial charge >= 0.3 is 0 Å². The molecule has 0 aliphatic rings. The van der Waals surface area contributed by atoms with Gasteiger partial charge < -0.3 is 5.11 Å². The van der Waals surface area contributed by atoms with E-state index in [0.717, 1.165) is 32.1 Å². The first-order valence-corrected chi connectivity index (χ1v) is 6.33. The molecule has 14 heavy (non-hydrogen) atoms. The van der Waals surface area contributed by atoms with Crippen LogP contribution in [0.1, 0.15) is 44.4 Å². The molecule has 0 bridgehead atoms. The molecule has 0 saturated carbocycles. The van der Waals surface area contributed by atoms with E-state index >= 15 is 0 Å². The van der Waals surface area contributed by atoms with Crippen molar-refractivity contribution in [1.29, 1.82) is 0 Å². The molecule has 80 valence electrons. The van der Waals surface area contributed by atoms with Crippen LogP contribution in [0, 0.1) is 0 Å². The molecule has 1 N–H and O–H groups in total. The van der Waals surface area contributed by atoms with Gasteiger partial charge in [0.1, 0.15) is 0 Å². The second-order valence-corrected chi connectivity index (χ2v) is 4.94. The minimum atomic E-state index is -0.432. The van der Waals surface area contributed by atoms with Crippen LogP contribution in [0.15, 0.2) is 17.5 Å². The van der Waals surface area contributed by atoms with Gasteiger partial charge in [0.25, 0.3) is 0 Å². The van der Waals surface area contributed by atoms with Gasteiger partial charge in [0, 0.05) is 4.88 Å². The van der Waals surface area contributed by atoms with Gasteiger partial charge in [-0.3, -0.25) is 0 Å². The lowest BCUT2D eigenvalue weighted by atomic mass is 9.90. The van der Waals surface area contributed by atoms with Crippen molar-refractivity contribution in [3.63, 3.8) is 0 Å². The Bertz CT molecular complexity index is 243. The molecule has 1 unspecified atom stereocenters. The monoisotopic (exact) mass is 212 g/mol. The minimum Gasteiger partial charge on any atom is -0.390 e. The summed E-state index contributed by atoms with van der Waals surface area (Å²) in [7, 11) is 0. The van der Waals surface area contributed by atoms with Crippen molar-refractivity contribution in [2.75, 3.05) is 0 Å². The molecule has 1 aromatic rings. The molecule has 0 aromatic carbocycles. The van der Waals surface area contributed by atoms with Crippen LogP contribution in [0.5, 0.6) is 0 Å². The fraction of sp³-hybridized carbons (Fsp3) is 0.667. The molecule has 1 aromatic heterocycles. The van der Waals surface area contributed by atoms with Gasteiger partial charge in [0.15, 0.2) is 0 Å². The highest BCUT2D eigenvalue weighted by Gasteiger charge is 2.22. The van der Waals surface area contributed by atoms with Gasteiger partial charge in [-0.1, -0.05) is 26.3 Å². The van der Waals surface area contributed by atoms with E-state index < -0.39 is 5.60 Å². The Morgan fingerprint density at radius 2 is 2.14 bits per heavy atom. The summed E-state index contributed by atoms with van der Waals surface area (Å²) >= 11 is 1.78. The van der Waals surface area contributed by atoms with Crippen molar-refractivity contribution >= 4 is 11.3 Å². The zero-order chi connectivity index (χ0) is 10.4. The molecule has 1 atom stereocenters. The average Bonchev–Trinajstić information content (AvgIpc) is 2.68. The molecule has 0 amide bonds. The van der Waals surface area contributed by atoms with Gasteiger partial charge in [-0.05, 0) is 37.1 Å². The first-order chi connectivity index (χ1) is 6.70. The van der Waals surface area contributed by atoms with Crippen LogP contribution in [0.2, 0.25) is 0 Å². The number of hydrogen-bond acceptors (Lipinski definition) is 2. The summed E-state index contributed by atoms with van der Waals surface area (Å²) < 4.78 is 0. The third-order valence-corrected chi connectivity index (χ3v) is 3.73. The molecule has 1 nitrogen and oxygen atoms in total. The highest BCUT2D eigenvalue weighted by atomic mass is 32.1. The van der Waals surface area contributed by atoms with Gasteiger partial charge in [-0.2, -0.15) is 0 Å². The predicted octanol–water partition coefficient (Wildman–Crippen LogP) is 3.62. The number of rotatable bonds is 6. The van der Waals surface area contributed by atoms with Crippen molar-refractivity contribution in [2.45, 2.75) is 51.6 Å². The molecule has 0 fully saturated rings. The smallest absolute Gasteiger partial charge is 0.0648 e. The van der Waals surface area contributed by atoms with Crippen molar-refractivity contribution < 1.29 is 5.11 Å². The highest BCUT2D eigenvalue weighted by Crippen LogP contribution is 2.24. The summed E-state index contributed by atoms with van der Waals surface area (Å²) in [5.74, 6) is 0. The van der Waals surface area contributed by atoms with E-state index in [1.807, 2.05) is 0 Å². The molecule has 0 aliphatic carbocycles. The lowest BCUT2D eigenvalue weighted by molar-refractivity contribution is 0.0187. The molecule has 0 spiro atoms. The quantitative estimate of drug-likeness (QED) is 0.763.